The summed E-state index contributed by atoms with van der Waals surface area (Å²) in [5.74, 6) is -0.946. The number of aryl methyl sites for hydroxylation is 1. The molecular formula is C10H14N2O3S. The maximum atomic E-state index is 11.5. The highest BCUT2D eigenvalue weighted by Crippen LogP contribution is 2.29. The second kappa shape index (κ2) is 4.29. The molecule has 0 fully saturated rings. The fourth-order valence-corrected chi connectivity index (χ4v) is 1.85. The Morgan fingerprint density at radius 3 is 2.44 bits per heavy atom. The number of carboxylic acids is 1. The van der Waals surface area contributed by atoms with Gasteiger partial charge in [-0.1, -0.05) is 11.8 Å². The Hall–Kier alpha value is -1.30. The van der Waals surface area contributed by atoms with Gasteiger partial charge in [-0.25, -0.2) is 4.98 Å². The van der Waals surface area contributed by atoms with E-state index in [1.54, 1.807) is 27.7 Å². The number of aromatic nitrogens is 2. The summed E-state index contributed by atoms with van der Waals surface area (Å²) in [6, 6.07) is 0. The van der Waals surface area contributed by atoms with Gasteiger partial charge in [0.2, 0.25) is 0 Å². The van der Waals surface area contributed by atoms with Crippen molar-refractivity contribution in [2.75, 3.05) is 0 Å². The lowest BCUT2D eigenvalue weighted by molar-refractivity contribution is -0.138. The van der Waals surface area contributed by atoms with Gasteiger partial charge in [-0.2, -0.15) is 0 Å². The van der Waals surface area contributed by atoms with Crippen LogP contribution in [-0.2, 0) is 4.79 Å². The second-order valence-corrected chi connectivity index (χ2v) is 5.61. The van der Waals surface area contributed by atoms with Gasteiger partial charge in [-0.05, 0) is 27.7 Å². The molecule has 0 aliphatic heterocycles. The van der Waals surface area contributed by atoms with Crippen LogP contribution in [0.4, 0.5) is 0 Å². The highest BCUT2D eigenvalue weighted by molar-refractivity contribution is 8.01. The van der Waals surface area contributed by atoms with E-state index in [1.165, 1.54) is 0 Å². The van der Waals surface area contributed by atoms with Crippen LogP contribution < -0.4 is 5.56 Å². The molecule has 0 aromatic carbocycles. The fraction of sp³-hybridized carbons (Fsp3) is 0.500. The largest absolute Gasteiger partial charge is 0.480 e. The number of carbonyl (C=O) groups is 1. The van der Waals surface area contributed by atoms with Crippen LogP contribution >= 0.6 is 11.8 Å². The quantitative estimate of drug-likeness (QED) is 0.617. The molecule has 0 amide bonds. The summed E-state index contributed by atoms with van der Waals surface area (Å²) in [5, 5.41) is 9.29. The molecule has 0 unspecified atom stereocenters. The Kier molecular flexibility index (Phi) is 3.42. The highest BCUT2D eigenvalue weighted by atomic mass is 32.2. The molecule has 0 atom stereocenters. The van der Waals surface area contributed by atoms with Crippen LogP contribution in [0.5, 0.6) is 0 Å². The van der Waals surface area contributed by atoms with E-state index in [-0.39, 0.29) is 5.56 Å². The van der Waals surface area contributed by atoms with E-state index < -0.39 is 10.7 Å². The van der Waals surface area contributed by atoms with Crippen LogP contribution in [0.3, 0.4) is 0 Å². The van der Waals surface area contributed by atoms with Crippen molar-refractivity contribution >= 4 is 17.7 Å². The van der Waals surface area contributed by atoms with Crippen molar-refractivity contribution in [1.29, 1.82) is 0 Å². The van der Waals surface area contributed by atoms with Crippen LogP contribution in [0.15, 0.2) is 9.95 Å². The van der Waals surface area contributed by atoms with Crippen molar-refractivity contribution in [3.05, 3.63) is 21.6 Å². The standard InChI is InChI=1S/C10H14N2O3S/c1-5-6(2)11-9(12-7(5)13)16-10(3,4)8(14)15/h1-4H3,(H,14,15)(H,11,12,13). The minimum absolute atomic E-state index is 0.226. The maximum absolute atomic E-state index is 11.5. The van der Waals surface area contributed by atoms with E-state index >= 15 is 0 Å². The number of rotatable bonds is 3. The molecule has 2 N–H and O–H groups in total. The molecule has 0 saturated carbocycles. The average Bonchev–Trinajstić information content (AvgIpc) is 2.13. The molecule has 0 aliphatic rings. The number of nitrogens with zero attached hydrogens (tertiary/aromatic N) is 1. The van der Waals surface area contributed by atoms with Crippen LogP contribution in [0, 0.1) is 13.8 Å². The van der Waals surface area contributed by atoms with E-state index in [4.69, 9.17) is 5.11 Å². The smallest absolute Gasteiger partial charge is 0.319 e. The molecule has 0 saturated heterocycles. The van der Waals surface area contributed by atoms with E-state index in [0.717, 1.165) is 11.8 Å². The summed E-state index contributed by atoms with van der Waals surface area (Å²) in [7, 11) is 0. The van der Waals surface area contributed by atoms with Crippen LogP contribution in [-0.4, -0.2) is 25.8 Å². The van der Waals surface area contributed by atoms with Crippen LogP contribution in [0.1, 0.15) is 25.1 Å². The van der Waals surface area contributed by atoms with Crippen molar-refractivity contribution in [3.63, 3.8) is 0 Å². The number of hydrogen-bond acceptors (Lipinski definition) is 4. The zero-order valence-corrected chi connectivity index (χ0v) is 10.4. The number of aliphatic carboxylic acids is 1. The summed E-state index contributed by atoms with van der Waals surface area (Å²) < 4.78 is -1.02. The van der Waals surface area contributed by atoms with Gasteiger partial charge in [0.15, 0.2) is 5.16 Å². The van der Waals surface area contributed by atoms with Crippen molar-refractivity contribution in [3.8, 4) is 0 Å². The first-order chi connectivity index (χ1) is 7.24. The molecule has 1 rings (SSSR count). The summed E-state index contributed by atoms with van der Waals surface area (Å²) in [5.41, 5.74) is 0.945. The lowest BCUT2D eigenvalue weighted by Gasteiger charge is -2.17. The number of nitrogens with one attached hydrogen (secondary N) is 1. The van der Waals surface area contributed by atoms with Crippen LogP contribution in [0.2, 0.25) is 0 Å². The predicted octanol–water partition coefficient (Wildman–Crippen LogP) is 1.34. The van der Waals surface area contributed by atoms with E-state index in [2.05, 4.69) is 9.97 Å². The monoisotopic (exact) mass is 242 g/mol. The molecule has 1 heterocycles. The Bertz CT molecular complexity index is 479. The summed E-state index contributed by atoms with van der Waals surface area (Å²) in [6.45, 7) is 6.53. The fourth-order valence-electron chi connectivity index (χ4n) is 0.953. The van der Waals surface area contributed by atoms with Gasteiger partial charge < -0.3 is 10.1 Å². The number of aromatic amines is 1. The summed E-state index contributed by atoms with van der Waals surface area (Å²) >= 11 is 1.02. The molecule has 5 nitrogen and oxygen atoms in total. The molecular weight excluding hydrogens is 228 g/mol. The highest BCUT2D eigenvalue weighted by Gasteiger charge is 2.29. The number of hydrogen-bond donors (Lipinski definition) is 2. The SMILES string of the molecule is Cc1nc(SC(C)(C)C(=O)O)[nH]c(=O)c1C. The number of carboxylic acid groups (broad SMARTS) is 1. The third-order valence-electron chi connectivity index (χ3n) is 2.24. The van der Waals surface area contributed by atoms with Gasteiger partial charge >= 0.3 is 5.97 Å². The van der Waals surface area contributed by atoms with Gasteiger partial charge in [0.05, 0.1) is 0 Å². The Balaban J connectivity index is 3.09. The number of H-pyrrole nitrogens is 1. The van der Waals surface area contributed by atoms with Crippen molar-refractivity contribution in [1.82, 2.24) is 9.97 Å². The second-order valence-electron chi connectivity index (χ2n) is 4.00. The molecule has 88 valence electrons. The van der Waals surface area contributed by atoms with Gasteiger partial charge in [0, 0.05) is 11.3 Å². The van der Waals surface area contributed by atoms with E-state index in [1.807, 2.05) is 0 Å². The zero-order valence-electron chi connectivity index (χ0n) is 9.62. The maximum Gasteiger partial charge on any atom is 0.319 e. The predicted molar refractivity (Wildman–Crippen MR) is 61.9 cm³/mol. The number of thioether (sulfide) groups is 1. The third kappa shape index (κ3) is 2.63. The van der Waals surface area contributed by atoms with Crippen LogP contribution in [0.25, 0.3) is 0 Å². The zero-order chi connectivity index (χ0) is 12.5. The minimum atomic E-state index is -1.02. The lowest BCUT2D eigenvalue weighted by Crippen LogP contribution is -2.28. The normalized spacial score (nSPS) is 11.5. The van der Waals surface area contributed by atoms with Crippen molar-refractivity contribution in [2.24, 2.45) is 0 Å². The van der Waals surface area contributed by atoms with Gasteiger partial charge in [-0.15, -0.1) is 0 Å². The van der Waals surface area contributed by atoms with Gasteiger partial charge in [0.25, 0.3) is 5.56 Å². The average molecular weight is 242 g/mol. The molecule has 1 aromatic heterocycles. The van der Waals surface area contributed by atoms with Crippen molar-refractivity contribution in [2.45, 2.75) is 37.6 Å². The molecule has 0 radical (unpaired) electrons. The molecule has 0 aliphatic carbocycles. The first-order valence-electron chi connectivity index (χ1n) is 4.74. The Morgan fingerprint density at radius 1 is 1.44 bits per heavy atom. The van der Waals surface area contributed by atoms with Gasteiger partial charge in [-0.3, -0.25) is 9.59 Å². The topological polar surface area (TPSA) is 83.0 Å². The summed E-state index contributed by atoms with van der Waals surface area (Å²) in [4.78, 5) is 29.1. The summed E-state index contributed by atoms with van der Waals surface area (Å²) in [6.07, 6.45) is 0. The van der Waals surface area contributed by atoms with E-state index in [0.29, 0.717) is 16.4 Å². The molecule has 0 bridgehead atoms. The Morgan fingerprint density at radius 2 is 2.00 bits per heavy atom. The first kappa shape index (κ1) is 12.8. The third-order valence-corrected chi connectivity index (χ3v) is 3.31. The first-order valence-corrected chi connectivity index (χ1v) is 5.55. The molecule has 1 aromatic rings. The minimum Gasteiger partial charge on any atom is -0.480 e. The molecule has 16 heavy (non-hydrogen) atoms. The lowest BCUT2D eigenvalue weighted by atomic mass is 10.2. The van der Waals surface area contributed by atoms with Crippen molar-refractivity contribution < 1.29 is 9.90 Å². The van der Waals surface area contributed by atoms with E-state index in [9.17, 15) is 9.59 Å². The molecule has 6 heteroatoms. The molecule has 0 spiro atoms. The Labute approximate surface area is 97.3 Å². The van der Waals surface area contributed by atoms with Gasteiger partial charge in [0.1, 0.15) is 4.75 Å².